The molecule has 100 valence electrons. The van der Waals surface area contributed by atoms with Crippen molar-refractivity contribution in [1.29, 1.82) is 0 Å². The van der Waals surface area contributed by atoms with Crippen molar-refractivity contribution >= 4 is 27.3 Å². The van der Waals surface area contributed by atoms with Gasteiger partial charge in [-0.3, -0.25) is 0 Å². The lowest BCUT2D eigenvalue weighted by Gasteiger charge is -2.12. The van der Waals surface area contributed by atoms with Gasteiger partial charge in [0.2, 0.25) is 0 Å². The van der Waals surface area contributed by atoms with Crippen molar-refractivity contribution in [3.8, 4) is 10.4 Å². The minimum Gasteiger partial charge on any atom is -0.312 e. The van der Waals surface area contributed by atoms with Gasteiger partial charge in [0.1, 0.15) is 0 Å². The van der Waals surface area contributed by atoms with Gasteiger partial charge >= 0.3 is 0 Å². The van der Waals surface area contributed by atoms with Crippen LogP contribution in [0.15, 0.2) is 34.8 Å². The van der Waals surface area contributed by atoms with Gasteiger partial charge in [0.05, 0.1) is 0 Å². The molecule has 1 aliphatic rings. The summed E-state index contributed by atoms with van der Waals surface area (Å²) in [5.74, 6) is 0.850. The third kappa shape index (κ3) is 2.78. The first kappa shape index (κ1) is 13.3. The molecule has 1 nitrogen and oxygen atoms in total. The van der Waals surface area contributed by atoms with Crippen LogP contribution in [0.1, 0.15) is 29.3 Å². The summed E-state index contributed by atoms with van der Waals surface area (Å²) in [5, 5.41) is 3.47. The van der Waals surface area contributed by atoms with E-state index >= 15 is 0 Å². The summed E-state index contributed by atoms with van der Waals surface area (Å²) in [6, 6.07) is 11.6. The Morgan fingerprint density at radius 1 is 1.26 bits per heavy atom. The Labute approximate surface area is 127 Å². The maximum Gasteiger partial charge on any atom is 0.0441 e. The second-order valence-electron chi connectivity index (χ2n) is 5.27. The standard InChI is InChI=1S/C16H18BrNS/c1-10-9-12(17)5-6-13(10)14-7-8-15(19-14)16(18-2)11-3-4-11/h5-9,11,16,18H,3-4H2,1-2H3. The molecule has 1 aliphatic carbocycles. The predicted octanol–water partition coefficient (Wildman–Crippen LogP) is 5.16. The summed E-state index contributed by atoms with van der Waals surface area (Å²) in [6.07, 6.45) is 2.74. The Kier molecular flexibility index (Phi) is 3.79. The van der Waals surface area contributed by atoms with E-state index in [1.165, 1.54) is 33.7 Å². The average Bonchev–Trinajstić information content (AvgIpc) is 3.09. The number of benzene rings is 1. The Hall–Kier alpha value is -0.640. The molecule has 0 amide bonds. The first-order valence-electron chi connectivity index (χ1n) is 6.72. The van der Waals surface area contributed by atoms with Crippen molar-refractivity contribution in [2.24, 2.45) is 5.92 Å². The second-order valence-corrected chi connectivity index (χ2v) is 7.30. The first-order chi connectivity index (χ1) is 9.19. The third-order valence-corrected chi connectivity index (χ3v) is 5.49. The summed E-state index contributed by atoms with van der Waals surface area (Å²) >= 11 is 5.46. The van der Waals surface area contributed by atoms with E-state index in [-0.39, 0.29) is 0 Å². The molecule has 3 rings (SSSR count). The van der Waals surface area contributed by atoms with Crippen LogP contribution in [-0.4, -0.2) is 7.05 Å². The lowest BCUT2D eigenvalue weighted by Crippen LogP contribution is -2.16. The summed E-state index contributed by atoms with van der Waals surface area (Å²) < 4.78 is 1.15. The van der Waals surface area contributed by atoms with Crippen LogP contribution in [0.3, 0.4) is 0 Å². The van der Waals surface area contributed by atoms with E-state index in [1.807, 2.05) is 11.3 Å². The maximum atomic E-state index is 3.53. The molecular formula is C16H18BrNS. The van der Waals surface area contributed by atoms with Gasteiger partial charge in [-0.05, 0) is 68.1 Å². The lowest BCUT2D eigenvalue weighted by atomic mass is 10.1. The van der Waals surface area contributed by atoms with Gasteiger partial charge < -0.3 is 5.32 Å². The molecule has 0 saturated heterocycles. The van der Waals surface area contributed by atoms with Crippen LogP contribution in [0.5, 0.6) is 0 Å². The Bertz CT molecular complexity index is 586. The van der Waals surface area contributed by atoms with Crippen LogP contribution in [0.4, 0.5) is 0 Å². The average molecular weight is 336 g/mol. The number of halogens is 1. The van der Waals surface area contributed by atoms with E-state index in [9.17, 15) is 0 Å². The third-order valence-electron chi connectivity index (χ3n) is 3.79. The number of rotatable bonds is 4. The second kappa shape index (κ2) is 5.39. The quantitative estimate of drug-likeness (QED) is 0.813. The fourth-order valence-corrected chi connectivity index (χ4v) is 4.39. The summed E-state index contributed by atoms with van der Waals surface area (Å²) in [7, 11) is 2.08. The highest BCUT2D eigenvalue weighted by Crippen LogP contribution is 2.44. The normalized spacial score (nSPS) is 16.6. The lowest BCUT2D eigenvalue weighted by molar-refractivity contribution is 0.537. The maximum absolute atomic E-state index is 3.53. The van der Waals surface area contributed by atoms with Gasteiger partial charge in [-0.2, -0.15) is 0 Å². The highest BCUT2D eigenvalue weighted by atomic mass is 79.9. The number of thiophene rings is 1. The molecule has 1 N–H and O–H groups in total. The Morgan fingerprint density at radius 3 is 2.68 bits per heavy atom. The van der Waals surface area contributed by atoms with E-state index in [0.717, 1.165) is 10.4 Å². The Balaban J connectivity index is 1.91. The SMILES string of the molecule is CNC(c1ccc(-c2ccc(Br)cc2C)s1)C1CC1. The topological polar surface area (TPSA) is 12.0 Å². The molecule has 0 radical (unpaired) electrons. The van der Waals surface area contributed by atoms with E-state index in [1.54, 1.807) is 0 Å². The molecule has 1 saturated carbocycles. The molecule has 1 aromatic carbocycles. The molecule has 1 unspecified atom stereocenters. The van der Waals surface area contributed by atoms with Crippen LogP contribution in [0, 0.1) is 12.8 Å². The zero-order chi connectivity index (χ0) is 13.4. The van der Waals surface area contributed by atoms with E-state index < -0.39 is 0 Å². The van der Waals surface area contributed by atoms with Gasteiger partial charge in [-0.15, -0.1) is 11.3 Å². The van der Waals surface area contributed by atoms with Crippen LogP contribution < -0.4 is 5.32 Å². The van der Waals surface area contributed by atoms with Crippen LogP contribution in [0.2, 0.25) is 0 Å². The van der Waals surface area contributed by atoms with Gasteiger partial charge in [0.25, 0.3) is 0 Å². The van der Waals surface area contributed by atoms with E-state index in [4.69, 9.17) is 0 Å². The number of aryl methyl sites for hydroxylation is 1. The van der Waals surface area contributed by atoms with Crippen molar-refractivity contribution in [2.75, 3.05) is 7.05 Å². The van der Waals surface area contributed by atoms with Gasteiger partial charge in [-0.25, -0.2) is 0 Å². The highest BCUT2D eigenvalue weighted by molar-refractivity contribution is 9.10. The molecule has 0 spiro atoms. The van der Waals surface area contributed by atoms with E-state index in [0.29, 0.717) is 6.04 Å². The molecule has 0 aliphatic heterocycles. The number of hydrogen-bond donors (Lipinski definition) is 1. The smallest absolute Gasteiger partial charge is 0.0441 e. The molecule has 2 aromatic rings. The summed E-state index contributed by atoms with van der Waals surface area (Å²) in [5.41, 5.74) is 2.68. The van der Waals surface area contributed by atoms with Crippen LogP contribution in [0.25, 0.3) is 10.4 Å². The van der Waals surface area contributed by atoms with Gasteiger partial charge in [0.15, 0.2) is 0 Å². The minimum atomic E-state index is 0.550. The first-order valence-corrected chi connectivity index (χ1v) is 8.33. The molecule has 1 aromatic heterocycles. The molecule has 1 atom stereocenters. The summed E-state index contributed by atoms with van der Waals surface area (Å²) in [6.45, 7) is 2.18. The molecule has 1 fully saturated rings. The predicted molar refractivity (Wildman–Crippen MR) is 86.7 cm³/mol. The number of hydrogen-bond acceptors (Lipinski definition) is 2. The zero-order valence-electron chi connectivity index (χ0n) is 11.2. The molecule has 3 heteroatoms. The van der Waals surface area contributed by atoms with Gasteiger partial charge in [-0.1, -0.05) is 22.0 Å². The minimum absolute atomic E-state index is 0.550. The van der Waals surface area contributed by atoms with Gasteiger partial charge in [0, 0.05) is 20.3 Å². The van der Waals surface area contributed by atoms with Crippen LogP contribution >= 0.6 is 27.3 Å². The molecule has 19 heavy (non-hydrogen) atoms. The van der Waals surface area contributed by atoms with Crippen molar-refractivity contribution in [3.05, 3.63) is 45.2 Å². The van der Waals surface area contributed by atoms with Crippen molar-refractivity contribution in [1.82, 2.24) is 5.32 Å². The summed E-state index contributed by atoms with van der Waals surface area (Å²) in [4.78, 5) is 2.85. The monoisotopic (exact) mass is 335 g/mol. The Morgan fingerprint density at radius 2 is 2.05 bits per heavy atom. The molecule has 0 bridgehead atoms. The van der Waals surface area contributed by atoms with Crippen molar-refractivity contribution < 1.29 is 0 Å². The van der Waals surface area contributed by atoms with Crippen molar-refractivity contribution in [3.63, 3.8) is 0 Å². The highest BCUT2D eigenvalue weighted by Gasteiger charge is 2.32. The molecule has 1 heterocycles. The fraction of sp³-hybridized carbons (Fsp3) is 0.375. The van der Waals surface area contributed by atoms with E-state index in [2.05, 4.69) is 65.5 Å². The molecular weight excluding hydrogens is 318 g/mol. The number of nitrogens with one attached hydrogen (secondary N) is 1. The van der Waals surface area contributed by atoms with Crippen LogP contribution in [-0.2, 0) is 0 Å². The zero-order valence-corrected chi connectivity index (χ0v) is 13.6. The van der Waals surface area contributed by atoms with Crippen molar-refractivity contribution in [2.45, 2.75) is 25.8 Å². The largest absolute Gasteiger partial charge is 0.312 e. The fourth-order valence-electron chi connectivity index (χ4n) is 2.61.